The first-order chi connectivity index (χ1) is 17.5. The molecule has 37 heavy (non-hydrogen) atoms. The highest BCUT2D eigenvalue weighted by Gasteiger charge is 2.42. The lowest BCUT2D eigenvalue weighted by Crippen LogP contribution is -2.60. The zero-order chi connectivity index (χ0) is 27.1. The minimum absolute atomic E-state index is 0.00234. The predicted octanol–water partition coefficient (Wildman–Crippen LogP) is 3.15. The van der Waals surface area contributed by atoms with E-state index < -0.39 is 41.3 Å². The standard InChI is InChI=1S/C25H26F2N4O5S/c1-13(2)30-19-17(12-28)16(21(33)29-25(3)9-10-37-22(34)20(25)32)7-8-18(19)31(24(30)35)14-5-4-6-15(11-14)36-23(26)27/h4-8,11,13,20,22-23,32,34H,9-10H2,1-3H3,(H,29,33). The lowest BCUT2D eigenvalue weighted by molar-refractivity contribution is -0.0498. The Morgan fingerprint density at radius 3 is 2.68 bits per heavy atom. The molecule has 1 fully saturated rings. The number of alkyl halides is 2. The summed E-state index contributed by atoms with van der Waals surface area (Å²) in [5.41, 5.74) is -2.01. The molecule has 196 valence electrons. The number of aliphatic hydroxyl groups excluding tert-OH is 2. The van der Waals surface area contributed by atoms with Crippen LogP contribution in [0.2, 0.25) is 0 Å². The molecule has 0 saturated carbocycles. The Labute approximate surface area is 215 Å². The molecule has 0 radical (unpaired) electrons. The number of aromatic nitrogens is 2. The number of aliphatic hydroxyl groups is 2. The fourth-order valence-electron chi connectivity index (χ4n) is 4.55. The lowest BCUT2D eigenvalue weighted by Gasteiger charge is -2.41. The zero-order valence-corrected chi connectivity index (χ0v) is 21.1. The summed E-state index contributed by atoms with van der Waals surface area (Å²) < 4.78 is 32.6. The van der Waals surface area contributed by atoms with Gasteiger partial charge in [-0.25, -0.2) is 4.79 Å². The number of thioether (sulfide) groups is 1. The van der Waals surface area contributed by atoms with Crippen LogP contribution in [0, 0.1) is 11.3 Å². The number of nitriles is 1. The first-order valence-electron chi connectivity index (χ1n) is 11.5. The van der Waals surface area contributed by atoms with Gasteiger partial charge >= 0.3 is 12.3 Å². The summed E-state index contributed by atoms with van der Waals surface area (Å²) in [7, 11) is 0. The third-order valence-electron chi connectivity index (χ3n) is 6.44. The maximum atomic E-state index is 13.5. The normalized spacial score (nSPS) is 21.8. The summed E-state index contributed by atoms with van der Waals surface area (Å²) in [6.07, 6.45) is -0.822. The fourth-order valence-corrected chi connectivity index (χ4v) is 5.82. The molecule has 2 aromatic carbocycles. The Hall–Kier alpha value is -3.40. The van der Waals surface area contributed by atoms with Crippen molar-refractivity contribution >= 4 is 28.7 Å². The average molecular weight is 533 g/mol. The van der Waals surface area contributed by atoms with Gasteiger partial charge in [-0.1, -0.05) is 6.07 Å². The number of amides is 1. The third kappa shape index (κ3) is 4.82. The number of hydrogen-bond donors (Lipinski definition) is 3. The largest absolute Gasteiger partial charge is 0.435 e. The van der Waals surface area contributed by atoms with Crippen LogP contribution >= 0.6 is 11.8 Å². The number of hydrogen-bond acceptors (Lipinski definition) is 7. The second kappa shape index (κ2) is 10.2. The molecule has 0 aliphatic carbocycles. The third-order valence-corrected chi connectivity index (χ3v) is 7.48. The van der Waals surface area contributed by atoms with E-state index in [2.05, 4.69) is 10.1 Å². The van der Waals surface area contributed by atoms with Gasteiger partial charge in [0.2, 0.25) is 0 Å². The molecule has 2 heterocycles. The molecular weight excluding hydrogens is 506 g/mol. The predicted molar refractivity (Wildman–Crippen MR) is 134 cm³/mol. The van der Waals surface area contributed by atoms with Gasteiger partial charge in [-0.3, -0.25) is 13.9 Å². The van der Waals surface area contributed by atoms with E-state index in [0.717, 1.165) is 0 Å². The van der Waals surface area contributed by atoms with Gasteiger partial charge in [0.05, 0.1) is 33.4 Å². The number of benzene rings is 2. The van der Waals surface area contributed by atoms with Gasteiger partial charge in [0.1, 0.15) is 23.4 Å². The van der Waals surface area contributed by atoms with Crippen molar-refractivity contribution in [3.63, 3.8) is 0 Å². The monoisotopic (exact) mass is 532 g/mol. The van der Waals surface area contributed by atoms with Crippen molar-refractivity contribution in [1.82, 2.24) is 14.5 Å². The Bertz CT molecular complexity index is 1450. The van der Waals surface area contributed by atoms with E-state index in [1.807, 2.05) is 6.07 Å². The molecule has 1 saturated heterocycles. The van der Waals surface area contributed by atoms with E-state index in [-0.39, 0.29) is 28.1 Å². The van der Waals surface area contributed by atoms with Crippen molar-refractivity contribution in [1.29, 1.82) is 5.26 Å². The molecular formula is C25H26F2N4O5S. The second-order valence-electron chi connectivity index (χ2n) is 9.25. The van der Waals surface area contributed by atoms with E-state index >= 15 is 0 Å². The van der Waals surface area contributed by atoms with Crippen LogP contribution in [0.4, 0.5) is 8.78 Å². The number of imidazole rings is 1. The van der Waals surface area contributed by atoms with Gasteiger partial charge in [0.25, 0.3) is 5.91 Å². The first-order valence-corrected chi connectivity index (χ1v) is 12.6. The summed E-state index contributed by atoms with van der Waals surface area (Å²) in [6, 6.07) is 10.2. The molecule has 4 rings (SSSR count). The molecule has 1 aliphatic rings. The molecule has 3 aromatic rings. The molecule has 0 bridgehead atoms. The second-order valence-corrected chi connectivity index (χ2v) is 10.5. The van der Waals surface area contributed by atoms with Crippen LogP contribution < -0.4 is 15.7 Å². The Morgan fingerprint density at radius 1 is 1.30 bits per heavy atom. The van der Waals surface area contributed by atoms with E-state index in [1.54, 1.807) is 26.8 Å². The van der Waals surface area contributed by atoms with Crippen LogP contribution in [0.15, 0.2) is 41.2 Å². The van der Waals surface area contributed by atoms with Crippen molar-refractivity contribution in [2.45, 2.75) is 56.9 Å². The van der Waals surface area contributed by atoms with Gasteiger partial charge in [0.15, 0.2) is 0 Å². The van der Waals surface area contributed by atoms with Crippen LogP contribution in [0.5, 0.6) is 5.75 Å². The Balaban J connectivity index is 1.87. The molecule has 9 nitrogen and oxygen atoms in total. The summed E-state index contributed by atoms with van der Waals surface area (Å²) in [5.74, 6) is -0.258. The number of halogens is 2. The van der Waals surface area contributed by atoms with Gasteiger partial charge in [-0.2, -0.15) is 14.0 Å². The number of carbonyl (C=O) groups is 1. The van der Waals surface area contributed by atoms with Crippen LogP contribution in [0.3, 0.4) is 0 Å². The van der Waals surface area contributed by atoms with Crippen molar-refractivity contribution in [2.24, 2.45) is 0 Å². The highest BCUT2D eigenvalue weighted by Crippen LogP contribution is 2.33. The Kier molecular flexibility index (Phi) is 7.32. The van der Waals surface area contributed by atoms with Crippen molar-refractivity contribution in [3.05, 3.63) is 58.0 Å². The zero-order valence-electron chi connectivity index (χ0n) is 20.3. The minimum Gasteiger partial charge on any atom is -0.435 e. The number of ether oxygens (including phenoxy) is 1. The van der Waals surface area contributed by atoms with Crippen molar-refractivity contribution < 1.29 is 28.5 Å². The molecule has 0 spiro atoms. The number of carbonyl (C=O) groups excluding carboxylic acids is 1. The van der Waals surface area contributed by atoms with Crippen molar-refractivity contribution in [3.8, 4) is 17.5 Å². The number of fused-ring (bicyclic) bond motifs is 1. The molecule has 3 N–H and O–H groups in total. The summed E-state index contributed by atoms with van der Waals surface area (Å²) in [4.78, 5) is 26.9. The fraction of sp³-hybridized carbons (Fsp3) is 0.400. The molecule has 1 aliphatic heterocycles. The Morgan fingerprint density at radius 2 is 2.03 bits per heavy atom. The van der Waals surface area contributed by atoms with E-state index in [1.165, 1.54) is 51.2 Å². The molecule has 1 amide bonds. The van der Waals surface area contributed by atoms with E-state index in [9.17, 15) is 33.8 Å². The molecule has 1 aromatic heterocycles. The average Bonchev–Trinajstić information content (AvgIpc) is 3.13. The van der Waals surface area contributed by atoms with E-state index in [0.29, 0.717) is 17.7 Å². The van der Waals surface area contributed by atoms with Crippen LogP contribution in [0.25, 0.3) is 16.7 Å². The van der Waals surface area contributed by atoms with E-state index in [4.69, 9.17) is 0 Å². The maximum absolute atomic E-state index is 13.5. The quantitative estimate of drug-likeness (QED) is 0.445. The van der Waals surface area contributed by atoms with Crippen molar-refractivity contribution in [2.75, 3.05) is 5.75 Å². The van der Waals surface area contributed by atoms with Gasteiger partial charge in [0, 0.05) is 12.1 Å². The molecule has 12 heteroatoms. The van der Waals surface area contributed by atoms with Gasteiger partial charge in [-0.05, 0) is 57.2 Å². The van der Waals surface area contributed by atoms with Crippen LogP contribution in [-0.2, 0) is 0 Å². The number of rotatable bonds is 6. The topological polar surface area (TPSA) is 130 Å². The number of nitrogens with zero attached hydrogens (tertiary/aromatic N) is 3. The lowest BCUT2D eigenvalue weighted by atomic mass is 9.90. The molecule has 3 unspecified atom stereocenters. The van der Waals surface area contributed by atoms with Crippen LogP contribution in [0.1, 0.15) is 49.2 Å². The first kappa shape index (κ1) is 26.7. The maximum Gasteiger partial charge on any atom is 0.387 e. The molecule has 3 atom stereocenters. The number of nitrogens with one attached hydrogen (secondary N) is 1. The summed E-state index contributed by atoms with van der Waals surface area (Å²) >= 11 is 1.18. The summed E-state index contributed by atoms with van der Waals surface area (Å²) in [6.45, 7) is 2.07. The van der Waals surface area contributed by atoms with Gasteiger partial charge in [-0.15, -0.1) is 11.8 Å². The van der Waals surface area contributed by atoms with Crippen LogP contribution in [-0.4, -0.2) is 54.7 Å². The highest BCUT2D eigenvalue weighted by molar-refractivity contribution is 7.99. The summed E-state index contributed by atoms with van der Waals surface area (Å²) in [5, 5.41) is 33.4. The van der Waals surface area contributed by atoms with Gasteiger partial charge < -0.3 is 20.3 Å². The highest BCUT2D eigenvalue weighted by atomic mass is 32.2. The SMILES string of the molecule is CC(C)n1c(=O)n(-c2cccc(OC(F)F)c2)c2ccc(C(=O)NC3(C)CCSC(O)C3O)c(C#N)c21. The smallest absolute Gasteiger partial charge is 0.387 e. The minimum atomic E-state index is -3.04.